The molecule has 2 aliphatic rings. The third kappa shape index (κ3) is 10.2. The molecule has 0 aliphatic carbocycles. The summed E-state index contributed by atoms with van der Waals surface area (Å²) in [7, 11) is 0. The van der Waals surface area contributed by atoms with Crippen molar-refractivity contribution in [3.8, 4) is 72.4 Å². The van der Waals surface area contributed by atoms with Gasteiger partial charge < -0.3 is 14.4 Å². The van der Waals surface area contributed by atoms with Gasteiger partial charge in [-0.3, -0.25) is 0 Å². The summed E-state index contributed by atoms with van der Waals surface area (Å²) >= 11 is 0. The SMILES string of the molecule is CC(C)c1cc(C(C)(C)C)ccc1-c1ccc2c(c1)N(c1c(-c3ccccc3)cccc1-c1ccccc1)c1cc(-n3c4ccccc4c4ccccc43)cc3c1B2c1ccc(-c2ccc(C(C)(C)C)cc2C(C)C)cc1N3c1c(-c2ccccc2)cccc1-c1ccccc1. The molecule has 3 heterocycles. The van der Waals surface area contributed by atoms with Gasteiger partial charge >= 0.3 is 0 Å². The number of nitrogens with zero attached hydrogens (tertiary/aromatic N) is 3. The molecule has 0 unspecified atom stereocenters. The molecule has 0 N–H and O–H groups in total. The monoisotopic (exact) mass is 1240 g/mol. The van der Waals surface area contributed by atoms with Gasteiger partial charge in [0, 0.05) is 55.8 Å². The molecule has 96 heavy (non-hydrogen) atoms. The van der Waals surface area contributed by atoms with Crippen LogP contribution in [0.1, 0.15) is 103 Å². The van der Waals surface area contributed by atoms with Crippen LogP contribution in [0.3, 0.4) is 0 Å². The topological polar surface area (TPSA) is 11.4 Å². The van der Waals surface area contributed by atoms with E-state index in [9.17, 15) is 0 Å². The molecule has 14 aromatic rings. The number of para-hydroxylation sites is 4. The number of rotatable bonds is 11. The third-order valence-corrected chi connectivity index (χ3v) is 20.5. The number of hydrogen-bond donors (Lipinski definition) is 0. The highest BCUT2D eigenvalue weighted by Crippen LogP contribution is 2.55. The lowest BCUT2D eigenvalue weighted by molar-refractivity contribution is 0.588. The van der Waals surface area contributed by atoms with Gasteiger partial charge in [0.1, 0.15) is 0 Å². The molecule has 0 saturated carbocycles. The normalized spacial score (nSPS) is 12.8. The maximum atomic E-state index is 2.71. The summed E-state index contributed by atoms with van der Waals surface area (Å²) in [5, 5.41) is 2.43. The van der Waals surface area contributed by atoms with Crippen molar-refractivity contribution in [2.75, 3.05) is 9.80 Å². The van der Waals surface area contributed by atoms with Crippen molar-refractivity contribution in [3.05, 3.63) is 313 Å². The summed E-state index contributed by atoms with van der Waals surface area (Å²) in [5.74, 6) is 0.557. The van der Waals surface area contributed by atoms with Crippen LogP contribution in [0, 0.1) is 0 Å². The molecular formula is C92H80BN3. The predicted octanol–water partition coefficient (Wildman–Crippen LogP) is 23.7. The van der Waals surface area contributed by atoms with E-state index < -0.39 is 0 Å². The fourth-order valence-corrected chi connectivity index (χ4v) is 15.6. The standard InChI is InChI=1S/C92H80BN3/c1-59(2)78-55-67(91(5,6)7)47-49-70(78)65-45-51-80-84(53-65)95(89-72(61-29-15-11-16-30-61)39-27-40-73(89)62-31-17-12-18-32-62)86-57-69(94-82-43-25-23-37-76(82)77-38-24-26-44-83(77)94)58-87-88(86)93(80)81-52-46-66(71-50-48-68(92(8,9)10)56-79(71)60(3)4)54-85(81)96(87)90-74(63-33-19-13-20-34-63)41-28-42-75(90)64-35-21-14-22-36-64/h11-60H,1-10H3. The van der Waals surface area contributed by atoms with E-state index in [1.807, 2.05) is 0 Å². The molecule has 0 fully saturated rings. The minimum absolute atomic E-state index is 0.0167. The molecule has 16 rings (SSSR count). The van der Waals surface area contributed by atoms with Gasteiger partial charge in [0.25, 0.3) is 6.71 Å². The Hall–Kier alpha value is -10.7. The van der Waals surface area contributed by atoms with Gasteiger partial charge in [-0.2, -0.15) is 0 Å². The van der Waals surface area contributed by atoms with E-state index in [2.05, 4.69) is 375 Å². The minimum atomic E-state index is -0.211. The number of fused-ring (bicyclic) bond motifs is 7. The van der Waals surface area contributed by atoms with Crippen LogP contribution in [-0.4, -0.2) is 11.3 Å². The Morgan fingerprint density at radius 1 is 0.292 bits per heavy atom. The van der Waals surface area contributed by atoms with Crippen molar-refractivity contribution in [1.82, 2.24) is 4.57 Å². The van der Waals surface area contributed by atoms with Gasteiger partial charge in [-0.15, -0.1) is 0 Å². The first-order valence-electron chi connectivity index (χ1n) is 34.4. The van der Waals surface area contributed by atoms with Crippen LogP contribution >= 0.6 is 0 Å². The molecule has 3 nitrogen and oxygen atoms in total. The second-order valence-corrected chi connectivity index (χ2v) is 29.2. The second kappa shape index (κ2) is 23.7. The Kier molecular flexibility index (Phi) is 14.9. The Morgan fingerprint density at radius 2 is 0.635 bits per heavy atom. The predicted molar refractivity (Wildman–Crippen MR) is 413 cm³/mol. The van der Waals surface area contributed by atoms with Crippen molar-refractivity contribution in [1.29, 1.82) is 0 Å². The first-order valence-corrected chi connectivity index (χ1v) is 34.4. The van der Waals surface area contributed by atoms with Crippen LogP contribution in [0.15, 0.2) is 291 Å². The van der Waals surface area contributed by atoms with E-state index >= 15 is 0 Å². The largest absolute Gasteiger partial charge is 0.310 e. The smallest absolute Gasteiger partial charge is 0.252 e. The first-order chi connectivity index (χ1) is 46.6. The second-order valence-electron chi connectivity index (χ2n) is 29.2. The molecule has 0 atom stereocenters. The number of anilines is 6. The van der Waals surface area contributed by atoms with Crippen LogP contribution in [0.25, 0.3) is 94.3 Å². The molecule has 13 aromatic carbocycles. The van der Waals surface area contributed by atoms with E-state index in [0.717, 1.165) is 95.4 Å². The summed E-state index contributed by atoms with van der Waals surface area (Å²) in [5.41, 5.74) is 33.4. The molecule has 466 valence electrons. The third-order valence-electron chi connectivity index (χ3n) is 20.5. The summed E-state index contributed by atoms with van der Waals surface area (Å²) in [6.45, 7) is 23.2. The van der Waals surface area contributed by atoms with Crippen molar-refractivity contribution in [3.63, 3.8) is 0 Å². The van der Waals surface area contributed by atoms with E-state index in [1.165, 1.54) is 71.7 Å². The maximum Gasteiger partial charge on any atom is 0.252 e. The van der Waals surface area contributed by atoms with Crippen molar-refractivity contribution in [2.45, 2.75) is 91.9 Å². The van der Waals surface area contributed by atoms with Crippen molar-refractivity contribution in [2.24, 2.45) is 0 Å². The van der Waals surface area contributed by atoms with Gasteiger partial charge in [0.2, 0.25) is 0 Å². The Balaban J connectivity index is 1.11. The lowest BCUT2D eigenvalue weighted by Crippen LogP contribution is -2.61. The van der Waals surface area contributed by atoms with E-state index in [0.29, 0.717) is 0 Å². The van der Waals surface area contributed by atoms with Crippen LogP contribution in [0.5, 0.6) is 0 Å². The highest BCUT2D eigenvalue weighted by molar-refractivity contribution is 7.00. The first kappa shape index (κ1) is 60.3. The van der Waals surface area contributed by atoms with Crippen molar-refractivity contribution < 1.29 is 0 Å². The van der Waals surface area contributed by atoms with Gasteiger partial charge in [-0.05, 0) is 142 Å². The Morgan fingerprint density at radius 3 is 0.979 bits per heavy atom. The number of benzene rings is 13. The fourth-order valence-electron chi connectivity index (χ4n) is 15.6. The Labute approximate surface area is 567 Å². The zero-order valence-corrected chi connectivity index (χ0v) is 56.8. The lowest BCUT2D eigenvalue weighted by Gasteiger charge is -2.46. The molecule has 4 heteroatoms. The van der Waals surface area contributed by atoms with Crippen LogP contribution < -0.4 is 26.2 Å². The highest BCUT2D eigenvalue weighted by Gasteiger charge is 2.46. The minimum Gasteiger partial charge on any atom is -0.310 e. The summed E-state index contributed by atoms with van der Waals surface area (Å²) in [6, 6.07) is 111. The number of hydrogen-bond acceptors (Lipinski definition) is 2. The summed E-state index contributed by atoms with van der Waals surface area (Å²) < 4.78 is 2.55. The van der Waals surface area contributed by atoms with Gasteiger partial charge in [0.15, 0.2) is 0 Å². The van der Waals surface area contributed by atoms with E-state index in [-0.39, 0.29) is 29.4 Å². The summed E-state index contributed by atoms with van der Waals surface area (Å²) in [4.78, 5) is 5.42. The number of aromatic nitrogens is 1. The fraction of sp³-hybridized carbons (Fsp3) is 0.152. The quantitative estimate of drug-likeness (QED) is 0.120. The zero-order chi connectivity index (χ0) is 65.7. The van der Waals surface area contributed by atoms with Gasteiger partial charge in [-0.25, -0.2) is 0 Å². The molecule has 1 aromatic heterocycles. The highest BCUT2D eigenvalue weighted by atomic mass is 15.2. The van der Waals surface area contributed by atoms with Crippen LogP contribution in [-0.2, 0) is 10.8 Å². The summed E-state index contributed by atoms with van der Waals surface area (Å²) in [6.07, 6.45) is 0. The maximum absolute atomic E-state index is 2.71. The molecule has 0 spiro atoms. The molecule has 0 radical (unpaired) electrons. The van der Waals surface area contributed by atoms with Gasteiger partial charge in [-0.1, -0.05) is 324 Å². The molecule has 0 saturated heterocycles. The Bertz CT molecular complexity index is 4880. The molecule has 2 aliphatic heterocycles. The average Bonchev–Trinajstić information content (AvgIpc) is 0.771. The van der Waals surface area contributed by atoms with E-state index in [1.54, 1.807) is 0 Å². The molecular weight excluding hydrogens is 1160 g/mol. The van der Waals surface area contributed by atoms with Gasteiger partial charge in [0.05, 0.1) is 28.1 Å². The zero-order valence-electron chi connectivity index (χ0n) is 56.8. The van der Waals surface area contributed by atoms with Crippen molar-refractivity contribution >= 4 is 79.0 Å². The van der Waals surface area contributed by atoms with E-state index in [4.69, 9.17) is 0 Å². The molecule has 0 bridgehead atoms. The van der Waals surface area contributed by atoms with Crippen LogP contribution in [0.4, 0.5) is 34.1 Å². The van der Waals surface area contributed by atoms with Crippen LogP contribution in [0.2, 0.25) is 0 Å². The molecule has 0 amide bonds. The lowest BCUT2D eigenvalue weighted by atomic mass is 9.33. The average molecular weight is 1240 g/mol.